The number of carbonyl (C=O) groups is 1. The van der Waals surface area contributed by atoms with Crippen molar-refractivity contribution in [3.05, 3.63) is 0 Å². The van der Waals surface area contributed by atoms with E-state index in [1.807, 2.05) is 0 Å². The van der Waals surface area contributed by atoms with Gasteiger partial charge in [0.1, 0.15) is 42.7 Å². The standard InChI is InChI=1S/C12H22O11.C12H24O2/c13-1-5-7(17)8(18)10(20)12(21,23-5)11(3-14)9(19)6(16)4(15)2-22-11;1-2-3-4-5-6-7-8-9-10-11-12(13)14/h4-10,13-21H,1-3H2;2-11H2,1H3,(H,13,14)/t4-,5-,6-,7-,8+,9+,10-,11-,12-;/m1./s1. The Balaban J connectivity index is 0.000000422. The van der Waals surface area contributed by atoms with Gasteiger partial charge in [-0.2, -0.15) is 0 Å². The lowest BCUT2D eigenvalue weighted by Crippen LogP contribution is -2.81. The molecule has 10 N–H and O–H groups in total. The van der Waals surface area contributed by atoms with E-state index in [2.05, 4.69) is 6.92 Å². The lowest BCUT2D eigenvalue weighted by atomic mass is 9.75. The van der Waals surface area contributed by atoms with Crippen LogP contribution in [0, 0.1) is 0 Å². The fourth-order valence-corrected chi connectivity index (χ4v) is 4.56. The van der Waals surface area contributed by atoms with Crippen LogP contribution >= 0.6 is 0 Å². The van der Waals surface area contributed by atoms with E-state index in [0.29, 0.717) is 6.42 Å². The molecule has 0 aromatic rings. The average Bonchev–Trinajstić information content (AvgIpc) is 2.88. The Morgan fingerprint density at radius 2 is 1.35 bits per heavy atom. The monoisotopic (exact) mass is 542 g/mol. The topological polar surface area (TPSA) is 238 Å². The number of carboxylic acids is 1. The molecule has 13 heteroatoms. The first-order chi connectivity index (χ1) is 17.4. The minimum Gasteiger partial charge on any atom is -0.481 e. The van der Waals surface area contributed by atoms with Gasteiger partial charge in [-0.25, -0.2) is 0 Å². The SMILES string of the molecule is CCCCCCCCCCCC(=O)O.OC[C@H]1O[C@@](O)([C@]2(CO)OC[C@@H](O)[C@@H](O)[C@@H]2O)[C@H](O)[C@@H](O)[C@@H]1O. The van der Waals surface area contributed by atoms with Crippen LogP contribution in [-0.4, -0.2) is 131 Å². The fraction of sp³-hybridized carbons (Fsp3) is 0.958. The molecule has 13 nitrogen and oxygen atoms in total. The minimum absolute atomic E-state index is 0.343. The molecular weight excluding hydrogens is 496 g/mol. The zero-order chi connectivity index (χ0) is 28.2. The molecule has 0 aromatic heterocycles. The smallest absolute Gasteiger partial charge is 0.303 e. The van der Waals surface area contributed by atoms with Gasteiger partial charge in [0, 0.05) is 6.42 Å². The maximum absolute atomic E-state index is 10.7. The lowest BCUT2D eigenvalue weighted by molar-refractivity contribution is -0.435. The Kier molecular flexibility index (Phi) is 14.9. The maximum atomic E-state index is 10.7. The van der Waals surface area contributed by atoms with Gasteiger partial charge in [-0.1, -0.05) is 58.3 Å². The van der Waals surface area contributed by atoms with Crippen molar-refractivity contribution in [2.45, 2.75) is 125 Å². The molecule has 0 bridgehead atoms. The summed E-state index contributed by atoms with van der Waals surface area (Å²) in [6, 6.07) is 0. The molecule has 2 saturated heterocycles. The molecule has 0 spiro atoms. The minimum atomic E-state index is -2.99. The number of aliphatic hydroxyl groups excluding tert-OH is 8. The van der Waals surface area contributed by atoms with Gasteiger partial charge >= 0.3 is 5.97 Å². The molecule has 9 atom stereocenters. The molecule has 0 unspecified atom stereocenters. The van der Waals surface area contributed by atoms with Gasteiger partial charge in [-0.05, 0) is 6.42 Å². The van der Waals surface area contributed by atoms with Crippen LogP contribution in [0.4, 0.5) is 0 Å². The molecule has 2 aliphatic rings. The number of aliphatic carboxylic acids is 1. The Morgan fingerprint density at radius 3 is 1.84 bits per heavy atom. The molecule has 37 heavy (non-hydrogen) atoms. The fourth-order valence-electron chi connectivity index (χ4n) is 4.56. The van der Waals surface area contributed by atoms with Crippen LogP contribution in [0.3, 0.4) is 0 Å². The quantitative estimate of drug-likeness (QED) is 0.113. The summed E-state index contributed by atoms with van der Waals surface area (Å²) >= 11 is 0. The first kappa shape index (κ1) is 34.1. The van der Waals surface area contributed by atoms with Crippen molar-refractivity contribution >= 4 is 5.97 Å². The van der Waals surface area contributed by atoms with Gasteiger partial charge in [0.15, 0.2) is 5.60 Å². The Morgan fingerprint density at radius 1 is 0.811 bits per heavy atom. The normalized spacial score (nSPS) is 38.1. The van der Waals surface area contributed by atoms with E-state index in [9.17, 15) is 45.6 Å². The van der Waals surface area contributed by atoms with Gasteiger partial charge in [-0.15, -0.1) is 0 Å². The van der Waals surface area contributed by atoms with Gasteiger partial charge < -0.3 is 60.5 Å². The molecular formula is C24H46O13. The molecule has 2 fully saturated rings. The summed E-state index contributed by atoms with van der Waals surface area (Å²) < 4.78 is 10.1. The molecule has 0 aromatic carbocycles. The van der Waals surface area contributed by atoms with E-state index < -0.39 is 79.9 Å². The molecule has 2 rings (SSSR count). The summed E-state index contributed by atoms with van der Waals surface area (Å²) in [5, 5.41) is 96.9. The van der Waals surface area contributed by atoms with Crippen LogP contribution in [0.15, 0.2) is 0 Å². The first-order valence-corrected chi connectivity index (χ1v) is 13.0. The highest BCUT2D eigenvalue weighted by molar-refractivity contribution is 5.66. The highest BCUT2D eigenvalue weighted by Crippen LogP contribution is 2.43. The predicted molar refractivity (Wildman–Crippen MR) is 128 cm³/mol. The molecule has 0 aliphatic carbocycles. The maximum Gasteiger partial charge on any atom is 0.303 e. The molecule has 2 aliphatic heterocycles. The average molecular weight is 543 g/mol. The number of aliphatic hydroxyl groups is 9. The molecule has 0 radical (unpaired) electrons. The summed E-state index contributed by atoms with van der Waals surface area (Å²) in [4.78, 5) is 10.2. The third-order valence-electron chi connectivity index (χ3n) is 7.01. The summed E-state index contributed by atoms with van der Waals surface area (Å²) in [6.45, 7) is -0.436. The van der Waals surface area contributed by atoms with Crippen molar-refractivity contribution in [1.82, 2.24) is 0 Å². The number of rotatable bonds is 13. The van der Waals surface area contributed by atoms with Gasteiger partial charge in [-0.3, -0.25) is 4.79 Å². The molecule has 0 saturated carbocycles. The van der Waals surface area contributed by atoms with E-state index in [1.54, 1.807) is 0 Å². The van der Waals surface area contributed by atoms with E-state index in [-0.39, 0.29) is 0 Å². The third kappa shape index (κ3) is 8.51. The van der Waals surface area contributed by atoms with Gasteiger partial charge in [0.2, 0.25) is 5.79 Å². The summed E-state index contributed by atoms with van der Waals surface area (Å²) in [5.74, 6) is -3.65. The van der Waals surface area contributed by atoms with Crippen LogP contribution in [0.5, 0.6) is 0 Å². The van der Waals surface area contributed by atoms with Crippen molar-refractivity contribution in [2.75, 3.05) is 19.8 Å². The van der Waals surface area contributed by atoms with Crippen LogP contribution < -0.4 is 0 Å². The van der Waals surface area contributed by atoms with E-state index in [1.165, 1.54) is 44.9 Å². The van der Waals surface area contributed by atoms with Crippen LogP contribution in [0.1, 0.15) is 71.1 Å². The van der Waals surface area contributed by atoms with Crippen LogP contribution in [0.2, 0.25) is 0 Å². The van der Waals surface area contributed by atoms with Gasteiger partial charge in [0.05, 0.1) is 19.8 Å². The summed E-state index contributed by atoms with van der Waals surface area (Å²) in [5.41, 5.74) is -2.54. The number of hydrogen-bond donors (Lipinski definition) is 10. The van der Waals surface area contributed by atoms with Crippen LogP contribution in [0.25, 0.3) is 0 Å². The largest absolute Gasteiger partial charge is 0.481 e. The summed E-state index contributed by atoms with van der Waals surface area (Å²) in [7, 11) is 0. The van der Waals surface area contributed by atoms with E-state index in [4.69, 9.17) is 19.7 Å². The van der Waals surface area contributed by atoms with Crippen molar-refractivity contribution in [1.29, 1.82) is 0 Å². The predicted octanol–water partition coefficient (Wildman–Crippen LogP) is -2.02. The third-order valence-corrected chi connectivity index (χ3v) is 7.01. The molecule has 0 amide bonds. The second kappa shape index (κ2) is 16.2. The van der Waals surface area contributed by atoms with Crippen molar-refractivity contribution in [3.63, 3.8) is 0 Å². The van der Waals surface area contributed by atoms with Gasteiger partial charge in [0.25, 0.3) is 0 Å². The lowest BCUT2D eigenvalue weighted by Gasteiger charge is -2.57. The Labute approximate surface area is 216 Å². The highest BCUT2D eigenvalue weighted by Gasteiger charge is 2.69. The van der Waals surface area contributed by atoms with Crippen LogP contribution in [-0.2, 0) is 14.3 Å². The zero-order valence-corrected chi connectivity index (χ0v) is 21.4. The number of hydrogen-bond acceptors (Lipinski definition) is 12. The molecule has 220 valence electrons. The number of unbranched alkanes of at least 4 members (excludes halogenated alkanes) is 8. The highest BCUT2D eigenvalue weighted by atomic mass is 16.7. The second-order valence-corrected chi connectivity index (χ2v) is 9.79. The zero-order valence-electron chi connectivity index (χ0n) is 21.4. The molecule has 2 heterocycles. The van der Waals surface area contributed by atoms with E-state index in [0.717, 1.165) is 12.8 Å². The Hall–Kier alpha value is -0.970. The number of ether oxygens (including phenoxy) is 2. The van der Waals surface area contributed by atoms with Crippen molar-refractivity contribution in [3.8, 4) is 0 Å². The second-order valence-electron chi connectivity index (χ2n) is 9.79. The number of carboxylic acid groups (broad SMARTS) is 1. The van der Waals surface area contributed by atoms with Crippen molar-refractivity contribution < 1.29 is 65.3 Å². The van der Waals surface area contributed by atoms with E-state index >= 15 is 0 Å². The summed E-state index contributed by atoms with van der Waals surface area (Å²) in [6.07, 6.45) is -1.61. The Bertz CT molecular complexity index is 650. The van der Waals surface area contributed by atoms with Crippen molar-refractivity contribution in [2.24, 2.45) is 0 Å². The first-order valence-electron chi connectivity index (χ1n) is 13.0.